The quantitative estimate of drug-likeness (QED) is 0.730. The Morgan fingerprint density at radius 3 is 2.41 bits per heavy atom. The highest BCUT2D eigenvalue weighted by atomic mass is 35.5. The van der Waals surface area contributed by atoms with E-state index in [0.717, 1.165) is 23.8 Å². The van der Waals surface area contributed by atoms with Crippen LogP contribution in [0.25, 0.3) is 6.08 Å². The molecule has 0 aliphatic carbocycles. The zero-order valence-corrected chi connectivity index (χ0v) is 14.8. The Kier molecular flexibility index (Phi) is 7.01. The Labute approximate surface area is 159 Å². The van der Waals surface area contributed by atoms with Crippen LogP contribution in [0, 0.1) is 0 Å². The molecule has 8 heteroatoms. The minimum absolute atomic E-state index is 0.162. The number of carbonyl (C=O) groups excluding carboxylic acids is 2. The minimum atomic E-state index is -4.58. The van der Waals surface area contributed by atoms with Crippen LogP contribution in [0.4, 0.5) is 13.2 Å². The SMILES string of the molecule is O=C(/C=C/c1ccc(Cl)c(C(F)(F)F)c1)NCC(=O)NCc1ccccc1. The lowest BCUT2D eigenvalue weighted by molar-refractivity contribution is -0.137. The Morgan fingerprint density at radius 2 is 1.74 bits per heavy atom. The van der Waals surface area contributed by atoms with E-state index in [4.69, 9.17) is 11.6 Å². The highest BCUT2D eigenvalue weighted by Crippen LogP contribution is 2.35. The molecule has 2 rings (SSSR count). The number of hydrogen-bond acceptors (Lipinski definition) is 2. The van der Waals surface area contributed by atoms with Crippen molar-refractivity contribution < 1.29 is 22.8 Å². The van der Waals surface area contributed by atoms with Gasteiger partial charge in [0.25, 0.3) is 0 Å². The van der Waals surface area contributed by atoms with Crippen LogP contribution in [0.15, 0.2) is 54.6 Å². The number of alkyl halides is 3. The summed E-state index contributed by atoms with van der Waals surface area (Å²) in [6.07, 6.45) is -2.32. The topological polar surface area (TPSA) is 58.2 Å². The van der Waals surface area contributed by atoms with Gasteiger partial charge < -0.3 is 10.6 Å². The van der Waals surface area contributed by atoms with Gasteiger partial charge >= 0.3 is 6.18 Å². The lowest BCUT2D eigenvalue weighted by Crippen LogP contribution is -2.35. The Morgan fingerprint density at radius 1 is 1.04 bits per heavy atom. The summed E-state index contributed by atoms with van der Waals surface area (Å²) in [5.41, 5.74) is 0.0997. The summed E-state index contributed by atoms with van der Waals surface area (Å²) in [4.78, 5) is 23.4. The van der Waals surface area contributed by atoms with Crippen molar-refractivity contribution in [2.75, 3.05) is 6.54 Å². The number of amides is 2. The van der Waals surface area contributed by atoms with Gasteiger partial charge in [0.05, 0.1) is 17.1 Å². The highest BCUT2D eigenvalue weighted by molar-refractivity contribution is 6.31. The minimum Gasteiger partial charge on any atom is -0.350 e. The molecule has 2 aromatic carbocycles. The van der Waals surface area contributed by atoms with E-state index in [1.54, 1.807) is 0 Å². The van der Waals surface area contributed by atoms with E-state index in [0.29, 0.717) is 6.54 Å². The van der Waals surface area contributed by atoms with Crippen molar-refractivity contribution >= 4 is 29.5 Å². The second-order valence-electron chi connectivity index (χ2n) is 5.55. The molecule has 0 aromatic heterocycles. The highest BCUT2D eigenvalue weighted by Gasteiger charge is 2.33. The van der Waals surface area contributed by atoms with Gasteiger partial charge in [0.1, 0.15) is 0 Å². The molecular formula is C19H16ClF3N2O2. The maximum absolute atomic E-state index is 12.8. The average molecular weight is 397 g/mol. The first-order valence-electron chi connectivity index (χ1n) is 7.89. The Bertz CT molecular complexity index is 837. The van der Waals surface area contributed by atoms with Crippen LogP contribution in [0.1, 0.15) is 16.7 Å². The molecule has 0 atom stereocenters. The van der Waals surface area contributed by atoms with Gasteiger partial charge in [-0.05, 0) is 29.3 Å². The fraction of sp³-hybridized carbons (Fsp3) is 0.158. The van der Waals surface area contributed by atoms with Crippen molar-refractivity contribution in [2.45, 2.75) is 12.7 Å². The van der Waals surface area contributed by atoms with E-state index in [2.05, 4.69) is 10.6 Å². The first-order valence-corrected chi connectivity index (χ1v) is 8.27. The smallest absolute Gasteiger partial charge is 0.350 e. The molecule has 4 nitrogen and oxygen atoms in total. The van der Waals surface area contributed by atoms with Gasteiger partial charge in [-0.15, -0.1) is 0 Å². The summed E-state index contributed by atoms with van der Waals surface area (Å²) in [6.45, 7) is 0.0841. The molecule has 0 bridgehead atoms. The summed E-state index contributed by atoms with van der Waals surface area (Å²) in [5, 5.41) is 4.58. The predicted octanol–water partition coefficient (Wildman–Crippen LogP) is 3.80. The molecule has 142 valence electrons. The van der Waals surface area contributed by atoms with Crippen molar-refractivity contribution in [1.82, 2.24) is 10.6 Å². The van der Waals surface area contributed by atoms with Gasteiger partial charge in [-0.2, -0.15) is 13.2 Å². The third kappa shape index (κ3) is 6.79. The Balaban J connectivity index is 1.84. The molecule has 2 amide bonds. The molecule has 0 saturated heterocycles. The summed E-state index contributed by atoms with van der Waals surface area (Å²) in [6, 6.07) is 12.6. The molecule has 0 aliphatic rings. The van der Waals surface area contributed by atoms with Crippen molar-refractivity contribution in [3.8, 4) is 0 Å². The van der Waals surface area contributed by atoms with Gasteiger partial charge in [-0.1, -0.05) is 48.0 Å². The number of hydrogen-bond donors (Lipinski definition) is 2. The summed E-state index contributed by atoms with van der Waals surface area (Å²) < 4.78 is 38.4. The number of carbonyl (C=O) groups is 2. The number of rotatable bonds is 6. The average Bonchev–Trinajstić information content (AvgIpc) is 2.64. The molecule has 0 aliphatic heterocycles. The maximum atomic E-state index is 12.8. The van der Waals surface area contributed by atoms with Gasteiger partial charge in [-0.3, -0.25) is 9.59 Å². The molecule has 2 N–H and O–H groups in total. The number of halogens is 4. The monoisotopic (exact) mass is 396 g/mol. The van der Waals surface area contributed by atoms with Crippen molar-refractivity contribution in [2.24, 2.45) is 0 Å². The standard InChI is InChI=1S/C19H16ClF3N2O2/c20-16-8-6-13(10-15(16)19(21,22)23)7-9-17(26)25-12-18(27)24-11-14-4-2-1-3-5-14/h1-10H,11-12H2,(H,24,27)(H,25,26)/b9-7+. The van der Waals surface area contributed by atoms with Crippen LogP contribution in [0.3, 0.4) is 0 Å². The van der Waals surface area contributed by atoms with Gasteiger partial charge in [0.15, 0.2) is 0 Å². The molecule has 0 unspecified atom stereocenters. The first kappa shape index (κ1) is 20.5. The third-order valence-electron chi connectivity index (χ3n) is 3.48. The number of benzene rings is 2. The van der Waals surface area contributed by atoms with Crippen molar-refractivity contribution in [3.63, 3.8) is 0 Å². The third-order valence-corrected chi connectivity index (χ3v) is 3.81. The van der Waals surface area contributed by atoms with E-state index < -0.39 is 22.7 Å². The maximum Gasteiger partial charge on any atom is 0.417 e. The lowest BCUT2D eigenvalue weighted by atomic mass is 10.1. The van der Waals surface area contributed by atoms with Crippen molar-refractivity contribution in [1.29, 1.82) is 0 Å². The van der Waals surface area contributed by atoms with Crippen LogP contribution < -0.4 is 10.6 Å². The summed E-state index contributed by atoms with van der Waals surface area (Å²) in [7, 11) is 0. The normalized spacial score (nSPS) is 11.4. The molecule has 0 fully saturated rings. The van der Waals surface area contributed by atoms with Crippen molar-refractivity contribution in [3.05, 3.63) is 76.3 Å². The summed E-state index contributed by atoms with van der Waals surface area (Å²) >= 11 is 5.53. The van der Waals surface area contributed by atoms with Crippen LogP contribution in [0.5, 0.6) is 0 Å². The van der Waals surface area contributed by atoms with E-state index in [1.807, 2.05) is 30.3 Å². The first-order chi connectivity index (χ1) is 12.8. The van der Waals surface area contributed by atoms with Crippen LogP contribution >= 0.6 is 11.6 Å². The van der Waals surface area contributed by atoms with Crippen LogP contribution in [-0.4, -0.2) is 18.4 Å². The van der Waals surface area contributed by atoms with Crippen LogP contribution in [0.2, 0.25) is 5.02 Å². The molecular weight excluding hydrogens is 381 g/mol. The molecule has 0 spiro atoms. The fourth-order valence-corrected chi connectivity index (χ4v) is 2.35. The van der Waals surface area contributed by atoms with E-state index in [-0.39, 0.29) is 18.0 Å². The lowest BCUT2D eigenvalue weighted by Gasteiger charge is -2.09. The van der Waals surface area contributed by atoms with E-state index in [9.17, 15) is 22.8 Å². The van der Waals surface area contributed by atoms with E-state index >= 15 is 0 Å². The zero-order chi connectivity index (χ0) is 19.9. The largest absolute Gasteiger partial charge is 0.417 e. The molecule has 27 heavy (non-hydrogen) atoms. The predicted molar refractivity (Wildman–Crippen MR) is 96.8 cm³/mol. The second kappa shape index (κ2) is 9.23. The van der Waals surface area contributed by atoms with E-state index in [1.165, 1.54) is 12.1 Å². The molecule has 2 aromatic rings. The molecule has 0 radical (unpaired) electrons. The molecule has 0 heterocycles. The fourth-order valence-electron chi connectivity index (χ4n) is 2.12. The Hall–Kier alpha value is -2.80. The summed E-state index contributed by atoms with van der Waals surface area (Å²) in [5.74, 6) is -0.986. The number of nitrogens with one attached hydrogen (secondary N) is 2. The van der Waals surface area contributed by atoms with Crippen LogP contribution in [-0.2, 0) is 22.3 Å². The second-order valence-corrected chi connectivity index (χ2v) is 5.96. The van der Waals surface area contributed by atoms with Gasteiger partial charge in [-0.25, -0.2) is 0 Å². The van der Waals surface area contributed by atoms with Gasteiger partial charge in [0.2, 0.25) is 11.8 Å². The van der Waals surface area contributed by atoms with Gasteiger partial charge in [0, 0.05) is 12.6 Å². The zero-order valence-electron chi connectivity index (χ0n) is 14.0. The molecule has 0 saturated carbocycles.